The number of nitrogens with two attached hydrogens (primary N) is 2. The molecule has 8 rings (SSSR count). The summed E-state index contributed by atoms with van der Waals surface area (Å²) in [6.45, 7) is 3.50. The Morgan fingerprint density at radius 3 is 2.57 bits per heavy atom. The number of likely N-dealkylation sites (tertiary alicyclic amines) is 1. The van der Waals surface area contributed by atoms with Gasteiger partial charge in [0.25, 0.3) is 0 Å². The van der Waals surface area contributed by atoms with Crippen molar-refractivity contribution in [3.05, 3.63) is 69.6 Å². The number of rotatable bonds is 8. The zero-order valence-corrected chi connectivity index (χ0v) is 31.3. The molecule has 0 amide bonds. The smallest absolute Gasteiger partial charge is 0.420 e. The highest BCUT2D eigenvalue weighted by Crippen LogP contribution is 2.54. The molecule has 0 bridgehead atoms. The summed E-state index contributed by atoms with van der Waals surface area (Å²) in [7, 11) is 0. The minimum Gasteiger partial charge on any atom is -0.490 e. The molecule has 0 unspecified atom stereocenters. The summed E-state index contributed by atoms with van der Waals surface area (Å²) in [6, 6.07) is 4.27. The van der Waals surface area contributed by atoms with Crippen molar-refractivity contribution in [3.8, 4) is 29.0 Å². The molecule has 3 aromatic heterocycles. The zero-order valence-electron chi connectivity index (χ0n) is 29.7. The first-order valence-electron chi connectivity index (χ1n) is 17.7. The molecule has 0 radical (unpaired) electrons. The Morgan fingerprint density at radius 1 is 1.14 bits per heavy atom. The monoisotopic (exact) mass is 814 g/mol. The van der Waals surface area contributed by atoms with Gasteiger partial charge in [0.1, 0.15) is 52.0 Å². The molecule has 18 heteroatoms. The largest absolute Gasteiger partial charge is 0.490 e. The van der Waals surface area contributed by atoms with Gasteiger partial charge in [-0.05, 0) is 55.9 Å². The van der Waals surface area contributed by atoms with Crippen LogP contribution in [-0.4, -0.2) is 59.2 Å². The van der Waals surface area contributed by atoms with E-state index < -0.39 is 51.8 Å². The highest BCUT2D eigenvalue weighted by Gasteiger charge is 2.47. The van der Waals surface area contributed by atoms with E-state index in [0.29, 0.717) is 55.7 Å². The summed E-state index contributed by atoms with van der Waals surface area (Å²) in [6.07, 6.45) is -0.355. The van der Waals surface area contributed by atoms with Crippen LogP contribution in [0.4, 0.5) is 43.0 Å². The lowest BCUT2D eigenvalue weighted by molar-refractivity contribution is -0.138. The van der Waals surface area contributed by atoms with Crippen LogP contribution in [0.2, 0.25) is 5.02 Å². The van der Waals surface area contributed by atoms with E-state index in [1.807, 2.05) is 6.07 Å². The number of anilines is 3. The van der Waals surface area contributed by atoms with Crippen LogP contribution >= 0.6 is 22.9 Å². The number of nitrogen functional groups attached to an aromatic ring is 2. The SMILES string of the molecule is C[C@H](c1cc(Cl)cnc1N)N1CCOc2c(C(F)(F)F)c(-c3ccc(F)c4sc(N)c(C#N)c34)c(F)c3nc(OCC4(CN5CCC(=CF)CC5)CC4)nc1c23. The van der Waals surface area contributed by atoms with E-state index in [0.717, 1.165) is 30.5 Å². The molecule has 292 valence electrons. The summed E-state index contributed by atoms with van der Waals surface area (Å²) in [4.78, 5) is 17.0. The Bertz CT molecular complexity index is 2470. The van der Waals surface area contributed by atoms with E-state index in [2.05, 4.69) is 19.9 Å². The fraction of sp³-hybridized carbons (Fsp3) is 0.368. The summed E-state index contributed by atoms with van der Waals surface area (Å²) in [5.41, 5.74) is 9.41. The van der Waals surface area contributed by atoms with Gasteiger partial charge in [-0.1, -0.05) is 17.7 Å². The number of piperidine rings is 1. The topological polar surface area (TPSA) is 139 Å². The first-order chi connectivity index (χ1) is 26.7. The molecule has 2 aliphatic heterocycles. The molecule has 2 aromatic carbocycles. The van der Waals surface area contributed by atoms with Gasteiger partial charge in [-0.2, -0.15) is 28.4 Å². The van der Waals surface area contributed by atoms with E-state index in [9.17, 15) is 9.65 Å². The highest BCUT2D eigenvalue weighted by atomic mass is 35.5. The number of benzene rings is 2. The van der Waals surface area contributed by atoms with Crippen molar-refractivity contribution in [2.45, 2.75) is 44.8 Å². The Kier molecular flexibility index (Phi) is 9.57. The maximum absolute atomic E-state index is 17.5. The van der Waals surface area contributed by atoms with Crippen molar-refractivity contribution in [3.63, 3.8) is 0 Å². The van der Waals surface area contributed by atoms with E-state index in [1.165, 1.54) is 6.20 Å². The number of pyridine rings is 1. The van der Waals surface area contributed by atoms with Crippen molar-refractivity contribution in [2.75, 3.05) is 55.8 Å². The highest BCUT2D eigenvalue weighted by molar-refractivity contribution is 7.23. The fourth-order valence-electron chi connectivity index (χ4n) is 7.73. The van der Waals surface area contributed by atoms with E-state index >= 15 is 22.0 Å². The third kappa shape index (κ3) is 6.56. The summed E-state index contributed by atoms with van der Waals surface area (Å²) < 4.78 is 104. The van der Waals surface area contributed by atoms with Gasteiger partial charge in [-0.3, -0.25) is 0 Å². The van der Waals surface area contributed by atoms with Crippen LogP contribution in [0.25, 0.3) is 32.1 Å². The maximum atomic E-state index is 17.5. The van der Waals surface area contributed by atoms with E-state index in [1.54, 1.807) is 17.9 Å². The maximum Gasteiger partial charge on any atom is 0.420 e. The second-order valence-corrected chi connectivity index (χ2v) is 15.9. The molecule has 0 spiro atoms. The fourth-order valence-corrected chi connectivity index (χ4v) is 8.85. The predicted octanol–water partition coefficient (Wildman–Crippen LogP) is 8.96. The zero-order chi connectivity index (χ0) is 39.7. The van der Waals surface area contributed by atoms with Crippen LogP contribution in [-0.2, 0) is 6.18 Å². The lowest BCUT2D eigenvalue weighted by atomic mass is 9.91. The van der Waals surface area contributed by atoms with Gasteiger partial charge in [0.2, 0.25) is 0 Å². The van der Waals surface area contributed by atoms with Gasteiger partial charge < -0.3 is 30.7 Å². The minimum absolute atomic E-state index is 0.0454. The summed E-state index contributed by atoms with van der Waals surface area (Å²) >= 11 is 6.95. The van der Waals surface area contributed by atoms with Crippen molar-refractivity contribution in [1.29, 1.82) is 5.26 Å². The Hall–Kier alpha value is -5.05. The molecule has 1 saturated heterocycles. The van der Waals surface area contributed by atoms with Crippen LogP contribution < -0.4 is 25.8 Å². The molecule has 10 nitrogen and oxygen atoms in total. The van der Waals surface area contributed by atoms with Crippen LogP contribution in [0.15, 0.2) is 36.3 Å². The molecular formula is C38H33ClF6N8O2S. The van der Waals surface area contributed by atoms with Crippen LogP contribution in [0.5, 0.6) is 11.8 Å². The normalized spacial score (nSPS) is 17.4. The number of aromatic nitrogens is 3. The number of ether oxygens (including phenoxy) is 2. The summed E-state index contributed by atoms with van der Waals surface area (Å²) in [5.74, 6) is -3.02. The van der Waals surface area contributed by atoms with Gasteiger partial charge in [-0.15, -0.1) is 11.3 Å². The molecule has 2 fully saturated rings. The minimum atomic E-state index is -5.24. The number of hydrogen-bond donors (Lipinski definition) is 2. The van der Waals surface area contributed by atoms with Gasteiger partial charge in [0.15, 0.2) is 5.82 Å². The van der Waals surface area contributed by atoms with Crippen molar-refractivity contribution >= 4 is 60.6 Å². The second kappa shape index (κ2) is 14.2. The van der Waals surface area contributed by atoms with E-state index in [-0.39, 0.29) is 73.9 Å². The third-order valence-electron chi connectivity index (χ3n) is 10.8. The molecule has 56 heavy (non-hydrogen) atoms. The van der Waals surface area contributed by atoms with Crippen molar-refractivity contribution in [2.24, 2.45) is 5.41 Å². The van der Waals surface area contributed by atoms with Crippen LogP contribution in [0.3, 0.4) is 0 Å². The first kappa shape index (κ1) is 37.9. The Labute approximate surface area is 325 Å². The van der Waals surface area contributed by atoms with Gasteiger partial charge >= 0.3 is 12.2 Å². The molecule has 1 atom stereocenters. The average molecular weight is 815 g/mol. The predicted molar refractivity (Wildman–Crippen MR) is 201 cm³/mol. The van der Waals surface area contributed by atoms with Crippen molar-refractivity contribution in [1.82, 2.24) is 19.9 Å². The standard InChI is InChI=1S/C38H33ClF6N8O2S/c1-18(22-12-20(39)15-49-33(22)47)53-10-11-54-31-27-30(50-36(51-35(27)53)55-17-37(6-7-37)16-52-8-4-19(13-40)5-9-52)29(42)26(28(31)38(43,44)45)21-2-3-24(41)32-25(21)23(14-46)34(48)56-32/h2-3,12-13,15,18H,4-11,16-17,48H2,1H3,(H2,47,49)/t18-/m1/s1. The molecule has 1 aliphatic carbocycles. The van der Waals surface area contributed by atoms with E-state index in [4.69, 9.17) is 32.5 Å². The quantitative estimate of drug-likeness (QED) is 0.146. The average Bonchev–Trinajstić information content (AvgIpc) is 3.89. The van der Waals surface area contributed by atoms with Gasteiger partial charge in [0.05, 0.1) is 46.2 Å². The molecule has 1 saturated carbocycles. The van der Waals surface area contributed by atoms with Gasteiger partial charge in [0, 0.05) is 47.8 Å². The Morgan fingerprint density at radius 2 is 1.89 bits per heavy atom. The van der Waals surface area contributed by atoms with Gasteiger partial charge in [-0.25, -0.2) is 18.2 Å². The molecule has 5 aromatic rings. The number of alkyl halides is 3. The molecule has 5 heterocycles. The van der Waals surface area contributed by atoms with Crippen molar-refractivity contribution < 1.29 is 35.8 Å². The number of halogens is 7. The third-order valence-corrected chi connectivity index (χ3v) is 12.1. The lowest BCUT2D eigenvalue weighted by Crippen LogP contribution is -2.37. The van der Waals surface area contributed by atoms with Crippen LogP contribution in [0.1, 0.15) is 55.3 Å². The molecule has 4 N–H and O–H groups in total. The number of hydrogen-bond acceptors (Lipinski definition) is 11. The number of fused-ring (bicyclic) bond motifs is 1. The lowest BCUT2D eigenvalue weighted by Gasteiger charge is -2.32. The molecule has 3 aliphatic rings. The number of nitriles is 1. The number of thiophene rings is 1. The first-order valence-corrected chi connectivity index (χ1v) is 18.9. The number of nitrogens with zero attached hydrogens (tertiary/aromatic N) is 6. The Balaban J connectivity index is 1.33. The summed E-state index contributed by atoms with van der Waals surface area (Å²) in [5, 5.41) is 9.42. The van der Waals surface area contributed by atoms with Crippen LogP contribution in [0, 0.1) is 28.4 Å². The second-order valence-electron chi connectivity index (χ2n) is 14.4. The molecular weight excluding hydrogens is 782 g/mol.